The number of aromatic nitrogens is 2. The zero-order valence-electron chi connectivity index (χ0n) is 15.0. The van der Waals surface area contributed by atoms with Gasteiger partial charge in [-0.05, 0) is 23.6 Å². The second kappa shape index (κ2) is 8.47. The number of nitrogens with one attached hydrogen (secondary N) is 1. The molecule has 3 rings (SSSR count). The predicted molar refractivity (Wildman–Crippen MR) is 102 cm³/mol. The fraction of sp³-hybridized carbons (Fsp3) is 0.421. The summed E-state index contributed by atoms with van der Waals surface area (Å²) < 4.78 is 5.38. The van der Waals surface area contributed by atoms with Crippen molar-refractivity contribution >= 4 is 23.3 Å². The minimum atomic E-state index is -0.218. The predicted octanol–water partition coefficient (Wildman–Crippen LogP) is 3.02. The Morgan fingerprint density at radius 1 is 1.27 bits per heavy atom. The SMILES string of the molecule is CC(C)c1nc(N2CCOCC2)cnc1C(=O)NCc1ccc(Cl)cc1. The summed E-state index contributed by atoms with van der Waals surface area (Å²) in [6.45, 7) is 7.39. The first-order valence-corrected chi connectivity index (χ1v) is 9.14. The second-order valence-corrected chi connectivity index (χ2v) is 6.96. The maximum atomic E-state index is 12.6. The smallest absolute Gasteiger partial charge is 0.272 e. The van der Waals surface area contributed by atoms with Crippen LogP contribution >= 0.6 is 11.6 Å². The van der Waals surface area contributed by atoms with E-state index in [2.05, 4.69) is 15.2 Å². The molecule has 0 spiro atoms. The van der Waals surface area contributed by atoms with Crippen LogP contribution < -0.4 is 10.2 Å². The van der Waals surface area contributed by atoms with Gasteiger partial charge in [-0.2, -0.15) is 0 Å². The number of morpholine rings is 1. The van der Waals surface area contributed by atoms with Crippen LogP contribution in [0.25, 0.3) is 0 Å². The summed E-state index contributed by atoms with van der Waals surface area (Å²) in [5.74, 6) is 0.677. The Bertz CT molecular complexity index is 759. The molecule has 26 heavy (non-hydrogen) atoms. The number of amides is 1. The molecule has 1 amide bonds. The van der Waals surface area contributed by atoms with Gasteiger partial charge in [0.25, 0.3) is 5.91 Å². The average molecular weight is 375 g/mol. The second-order valence-electron chi connectivity index (χ2n) is 6.53. The molecule has 1 N–H and O–H groups in total. The van der Waals surface area contributed by atoms with Gasteiger partial charge in [0, 0.05) is 24.7 Å². The van der Waals surface area contributed by atoms with Crippen LogP contribution in [0.2, 0.25) is 5.02 Å². The number of hydrogen-bond acceptors (Lipinski definition) is 5. The van der Waals surface area contributed by atoms with Crippen molar-refractivity contribution in [3.63, 3.8) is 0 Å². The van der Waals surface area contributed by atoms with E-state index in [9.17, 15) is 4.79 Å². The molecule has 0 radical (unpaired) electrons. The molecule has 1 fully saturated rings. The maximum Gasteiger partial charge on any atom is 0.272 e. The van der Waals surface area contributed by atoms with Crippen molar-refractivity contribution in [3.05, 3.63) is 52.4 Å². The van der Waals surface area contributed by atoms with Gasteiger partial charge in [-0.3, -0.25) is 4.79 Å². The Balaban J connectivity index is 1.74. The largest absolute Gasteiger partial charge is 0.378 e. The molecule has 0 saturated carbocycles. The maximum absolute atomic E-state index is 12.6. The van der Waals surface area contributed by atoms with Gasteiger partial charge in [-0.15, -0.1) is 0 Å². The van der Waals surface area contributed by atoms with E-state index >= 15 is 0 Å². The zero-order chi connectivity index (χ0) is 18.5. The van der Waals surface area contributed by atoms with Gasteiger partial charge in [0.2, 0.25) is 0 Å². The summed E-state index contributed by atoms with van der Waals surface area (Å²) in [4.78, 5) is 23.9. The zero-order valence-corrected chi connectivity index (χ0v) is 15.8. The molecule has 1 aliphatic rings. The van der Waals surface area contributed by atoms with Gasteiger partial charge >= 0.3 is 0 Å². The van der Waals surface area contributed by atoms with Crippen molar-refractivity contribution in [1.82, 2.24) is 15.3 Å². The fourth-order valence-electron chi connectivity index (χ4n) is 2.78. The van der Waals surface area contributed by atoms with Gasteiger partial charge < -0.3 is 15.0 Å². The molecule has 0 bridgehead atoms. The molecule has 0 aliphatic carbocycles. The summed E-state index contributed by atoms with van der Waals surface area (Å²) >= 11 is 5.89. The van der Waals surface area contributed by atoms with Gasteiger partial charge in [0.05, 0.1) is 25.1 Å². The highest BCUT2D eigenvalue weighted by Gasteiger charge is 2.20. The minimum absolute atomic E-state index is 0.0970. The Morgan fingerprint density at radius 2 is 1.96 bits per heavy atom. The van der Waals surface area contributed by atoms with Crippen molar-refractivity contribution in [1.29, 1.82) is 0 Å². The van der Waals surface area contributed by atoms with E-state index < -0.39 is 0 Å². The fourth-order valence-corrected chi connectivity index (χ4v) is 2.91. The molecule has 7 heteroatoms. The molecule has 0 unspecified atom stereocenters. The number of carbonyl (C=O) groups excluding carboxylic acids is 1. The van der Waals surface area contributed by atoms with E-state index in [0.717, 1.165) is 24.5 Å². The molecule has 138 valence electrons. The van der Waals surface area contributed by atoms with Gasteiger partial charge in [-0.25, -0.2) is 9.97 Å². The summed E-state index contributed by atoms with van der Waals surface area (Å²) in [6, 6.07) is 7.39. The lowest BCUT2D eigenvalue weighted by molar-refractivity contribution is 0.0943. The lowest BCUT2D eigenvalue weighted by Crippen LogP contribution is -2.37. The van der Waals surface area contributed by atoms with Crippen LogP contribution in [-0.4, -0.2) is 42.2 Å². The molecule has 6 nitrogen and oxygen atoms in total. The van der Waals surface area contributed by atoms with Crippen molar-refractivity contribution in [2.75, 3.05) is 31.2 Å². The van der Waals surface area contributed by atoms with E-state index in [-0.39, 0.29) is 11.8 Å². The Morgan fingerprint density at radius 3 is 2.62 bits per heavy atom. The highest BCUT2D eigenvalue weighted by molar-refractivity contribution is 6.30. The van der Waals surface area contributed by atoms with Crippen LogP contribution in [0, 0.1) is 0 Å². The third kappa shape index (κ3) is 4.51. The molecule has 1 aromatic heterocycles. The third-order valence-electron chi connectivity index (χ3n) is 4.25. The normalized spacial score (nSPS) is 14.5. The number of anilines is 1. The molecule has 1 aliphatic heterocycles. The van der Waals surface area contributed by atoms with E-state index in [1.165, 1.54) is 0 Å². The Kier molecular flexibility index (Phi) is 6.06. The number of halogens is 1. The van der Waals surface area contributed by atoms with Crippen LogP contribution in [0.15, 0.2) is 30.5 Å². The topological polar surface area (TPSA) is 67.3 Å². The van der Waals surface area contributed by atoms with Crippen molar-refractivity contribution in [2.45, 2.75) is 26.3 Å². The van der Waals surface area contributed by atoms with E-state index in [0.29, 0.717) is 36.2 Å². The minimum Gasteiger partial charge on any atom is -0.378 e. The summed E-state index contributed by atoms with van der Waals surface area (Å²) in [5.41, 5.74) is 2.07. The molecule has 1 saturated heterocycles. The lowest BCUT2D eigenvalue weighted by Gasteiger charge is -2.28. The molecule has 2 aromatic rings. The van der Waals surface area contributed by atoms with Crippen molar-refractivity contribution in [2.24, 2.45) is 0 Å². The molecule has 0 atom stereocenters. The van der Waals surface area contributed by atoms with Crippen LogP contribution in [0.1, 0.15) is 41.5 Å². The van der Waals surface area contributed by atoms with Crippen LogP contribution in [0.4, 0.5) is 5.82 Å². The summed E-state index contributed by atoms with van der Waals surface area (Å²) in [5, 5.41) is 3.58. The van der Waals surface area contributed by atoms with Crippen molar-refractivity contribution in [3.8, 4) is 0 Å². The number of carbonyl (C=O) groups is 1. The van der Waals surface area contributed by atoms with Crippen molar-refractivity contribution < 1.29 is 9.53 Å². The monoisotopic (exact) mass is 374 g/mol. The number of hydrogen-bond donors (Lipinski definition) is 1. The number of ether oxygens (including phenoxy) is 1. The molecular weight excluding hydrogens is 352 g/mol. The quantitative estimate of drug-likeness (QED) is 0.871. The Hall–Kier alpha value is -2.18. The lowest BCUT2D eigenvalue weighted by atomic mass is 10.1. The average Bonchev–Trinajstić information content (AvgIpc) is 2.67. The molecule has 1 aromatic carbocycles. The van der Waals surface area contributed by atoms with E-state index in [4.69, 9.17) is 21.3 Å². The first kappa shape index (κ1) is 18.6. The van der Waals surface area contributed by atoms with Crippen LogP contribution in [0.3, 0.4) is 0 Å². The van der Waals surface area contributed by atoms with Gasteiger partial charge in [-0.1, -0.05) is 37.6 Å². The number of nitrogens with zero attached hydrogens (tertiary/aromatic N) is 3. The number of rotatable bonds is 5. The van der Waals surface area contributed by atoms with Crippen LogP contribution in [-0.2, 0) is 11.3 Å². The first-order valence-electron chi connectivity index (χ1n) is 8.77. The highest BCUT2D eigenvalue weighted by Crippen LogP contribution is 2.20. The highest BCUT2D eigenvalue weighted by atomic mass is 35.5. The third-order valence-corrected chi connectivity index (χ3v) is 4.50. The van der Waals surface area contributed by atoms with E-state index in [1.54, 1.807) is 18.3 Å². The van der Waals surface area contributed by atoms with E-state index in [1.807, 2.05) is 26.0 Å². The standard InChI is InChI=1S/C19H23ClN4O2/c1-13(2)17-18(19(25)22-11-14-3-5-15(20)6-4-14)21-12-16(23-17)24-7-9-26-10-8-24/h3-6,12-13H,7-11H2,1-2H3,(H,22,25). The Labute approximate surface area is 158 Å². The summed E-state index contributed by atoms with van der Waals surface area (Å²) in [7, 11) is 0. The first-order chi connectivity index (χ1) is 12.5. The van der Waals surface area contributed by atoms with Crippen LogP contribution in [0.5, 0.6) is 0 Å². The molecule has 2 heterocycles. The number of benzene rings is 1. The van der Waals surface area contributed by atoms with Gasteiger partial charge in [0.1, 0.15) is 11.5 Å². The molecular formula is C19H23ClN4O2. The summed E-state index contributed by atoms with van der Waals surface area (Å²) in [6.07, 6.45) is 1.68. The van der Waals surface area contributed by atoms with Gasteiger partial charge in [0.15, 0.2) is 0 Å².